The number of benzene rings is 1. The first kappa shape index (κ1) is 21.5. The van der Waals surface area contributed by atoms with E-state index in [0.717, 1.165) is 24.8 Å². The Hall–Kier alpha value is -1.71. The van der Waals surface area contributed by atoms with Crippen molar-refractivity contribution in [1.29, 1.82) is 0 Å². The molecule has 4 rings (SSSR count). The van der Waals surface area contributed by atoms with Crippen molar-refractivity contribution in [3.63, 3.8) is 0 Å². The first-order valence-corrected chi connectivity index (χ1v) is 11.0. The highest BCUT2D eigenvalue weighted by Crippen LogP contribution is 2.33. The minimum atomic E-state index is -0.832. The van der Waals surface area contributed by atoms with E-state index in [-0.39, 0.29) is 31.0 Å². The monoisotopic (exact) mass is 420 g/mol. The zero-order valence-corrected chi connectivity index (χ0v) is 17.2. The third kappa shape index (κ3) is 5.70. The van der Waals surface area contributed by atoms with Crippen molar-refractivity contribution in [3.05, 3.63) is 35.9 Å². The average Bonchev–Trinajstić information content (AvgIpc) is 3.48. The number of hydrogen-bond donors (Lipinski definition) is 3. The van der Waals surface area contributed by atoms with Gasteiger partial charge in [0.25, 0.3) is 0 Å². The van der Waals surface area contributed by atoms with Gasteiger partial charge in [-0.15, -0.1) is 0 Å². The maximum atomic E-state index is 12.6. The van der Waals surface area contributed by atoms with Gasteiger partial charge in [0.05, 0.1) is 37.4 Å². The van der Waals surface area contributed by atoms with Crippen LogP contribution in [0, 0.1) is 5.92 Å². The van der Waals surface area contributed by atoms with Crippen LogP contribution < -0.4 is 10.8 Å². The molecule has 8 nitrogen and oxygen atoms in total. The standard InChI is InChI=1S/C22H32N2O6/c25-19(13-23-30-16-8-4-5-9-16)18(12-15-6-2-1-3-7-15)24-22(26)29-20-14-28-21-17(20)10-11-27-21/h1-3,6-7,16-21,23,25H,4-5,8-14H2,(H,24,26)/t17?,18-,19+,20?,21?/m0/s1. The third-order valence-corrected chi connectivity index (χ3v) is 6.15. The van der Waals surface area contributed by atoms with Crippen molar-refractivity contribution in [2.24, 2.45) is 5.92 Å². The first-order chi connectivity index (χ1) is 14.7. The highest BCUT2D eigenvalue weighted by atomic mass is 16.7. The Bertz CT molecular complexity index is 669. The SMILES string of the molecule is O=C(N[C@@H](Cc1ccccc1)[C@H](O)CNOC1CCCC1)OC1COC2OCCC12. The fourth-order valence-corrected chi connectivity index (χ4v) is 4.42. The van der Waals surface area contributed by atoms with Gasteiger partial charge in [0.1, 0.15) is 6.10 Å². The van der Waals surface area contributed by atoms with Gasteiger partial charge in [0.2, 0.25) is 0 Å². The van der Waals surface area contributed by atoms with Gasteiger partial charge in [-0.3, -0.25) is 4.84 Å². The second kappa shape index (κ2) is 10.5. The number of rotatable bonds is 9. The predicted molar refractivity (Wildman–Crippen MR) is 108 cm³/mol. The van der Waals surface area contributed by atoms with Crippen molar-refractivity contribution in [1.82, 2.24) is 10.8 Å². The normalized spacial score (nSPS) is 28.2. The zero-order valence-electron chi connectivity index (χ0n) is 17.2. The zero-order chi connectivity index (χ0) is 20.8. The predicted octanol–water partition coefficient (Wildman–Crippen LogP) is 1.91. The van der Waals surface area contributed by atoms with Gasteiger partial charge >= 0.3 is 6.09 Å². The van der Waals surface area contributed by atoms with Crippen molar-refractivity contribution >= 4 is 6.09 Å². The molecule has 30 heavy (non-hydrogen) atoms. The number of fused-ring (bicyclic) bond motifs is 1. The van der Waals surface area contributed by atoms with Gasteiger partial charge in [-0.05, 0) is 31.2 Å². The minimum Gasteiger partial charge on any atom is -0.443 e. The molecule has 1 aromatic carbocycles. The Kier molecular flexibility index (Phi) is 7.57. The molecule has 3 N–H and O–H groups in total. The van der Waals surface area contributed by atoms with Crippen molar-refractivity contribution in [3.8, 4) is 0 Å². The van der Waals surface area contributed by atoms with E-state index in [4.69, 9.17) is 19.0 Å². The summed E-state index contributed by atoms with van der Waals surface area (Å²) in [6.07, 6.45) is 3.96. The molecule has 1 saturated carbocycles. The molecular weight excluding hydrogens is 388 g/mol. The van der Waals surface area contributed by atoms with Crippen molar-refractivity contribution < 1.29 is 28.9 Å². The summed E-state index contributed by atoms with van der Waals surface area (Å²) in [5.74, 6) is 0.0784. The summed E-state index contributed by atoms with van der Waals surface area (Å²) in [5.41, 5.74) is 3.91. The van der Waals surface area contributed by atoms with Crippen LogP contribution in [0.1, 0.15) is 37.7 Å². The van der Waals surface area contributed by atoms with Gasteiger partial charge < -0.3 is 24.6 Å². The third-order valence-electron chi connectivity index (χ3n) is 6.15. The summed E-state index contributed by atoms with van der Waals surface area (Å²) < 4.78 is 16.6. The highest BCUT2D eigenvalue weighted by Gasteiger charge is 2.44. The smallest absolute Gasteiger partial charge is 0.407 e. The lowest BCUT2D eigenvalue weighted by Crippen LogP contribution is -2.50. The fraction of sp³-hybridized carbons (Fsp3) is 0.682. The van der Waals surface area contributed by atoms with Crippen LogP contribution in [0.4, 0.5) is 4.79 Å². The summed E-state index contributed by atoms with van der Waals surface area (Å²) in [4.78, 5) is 18.2. The molecule has 0 spiro atoms. The van der Waals surface area contributed by atoms with Gasteiger partial charge in [-0.25, -0.2) is 4.79 Å². The number of carbonyl (C=O) groups excluding carboxylic acids is 1. The Morgan fingerprint density at radius 2 is 1.97 bits per heavy atom. The van der Waals surface area contributed by atoms with E-state index in [1.165, 1.54) is 12.8 Å². The lowest BCUT2D eigenvalue weighted by atomic mass is 10.0. The molecule has 5 atom stereocenters. The van der Waals surface area contributed by atoms with Gasteiger partial charge in [-0.1, -0.05) is 43.2 Å². The number of hydrogen-bond acceptors (Lipinski definition) is 7. The number of ether oxygens (including phenoxy) is 3. The molecule has 2 saturated heterocycles. The molecule has 3 aliphatic rings. The molecule has 0 radical (unpaired) electrons. The van der Waals surface area contributed by atoms with Crippen LogP contribution in [-0.4, -0.2) is 61.6 Å². The Morgan fingerprint density at radius 3 is 2.77 bits per heavy atom. The quantitative estimate of drug-likeness (QED) is 0.525. The molecule has 0 aromatic heterocycles. The Morgan fingerprint density at radius 1 is 1.17 bits per heavy atom. The number of carbonyl (C=O) groups is 1. The van der Waals surface area contributed by atoms with Crippen LogP contribution in [0.2, 0.25) is 0 Å². The molecule has 2 aliphatic heterocycles. The number of alkyl carbamates (subject to hydrolysis) is 1. The summed E-state index contributed by atoms with van der Waals surface area (Å²) in [7, 11) is 0. The van der Waals surface area contributed by atoms with Gasteiger partial charge in [-0.2, -0.15) is 5.48 Å². The van der Waals surface area contributed by atoms with Crippen molar-refractivity contribution in [2.45, 2.75) is 69.2 Å². The van der Waals surface area contributed by atoms with E-state index in [1.807, 2.05) is 30.3 Å². The van der Waals surface area contributed by atoms with E-state index < -0.39 is 18.2 Å². The molecular formula is C22H32N2O6. The van der Waals surface area contributed by atoms with E-state index in [2.05, 4.69) is 10.8 Å². The van der Waals surface area contributed by atoms with Crippen LogP contribution in [-0.2, 0) is 25.5 Å². The van der Waals surface area contributed by atoms with Crippen LogP contribution in [0.3, 0.4) is 0 Å². The van der Waals surface area contributed by atoms with Gasteiger partial charge in [0, 0.05) is 6.54 Å². The van der Waals surface area contributed by atoms with Crippen LogP contribution in [0.15, 0.2) is 30.3 Å². The van der Waals surface area contributed by atoms with E-state index in [0.29, 0.717) is 19.6 Å². The number of nitrogens with one attached hydrogen (secondary N) is 2. The molecule has 3 unspecified atom stereocenters. The lowest BCUT2D eigenvalue weighted by molar-refractivity contribution is -0.0907. The molecule has 166 valence electrons. The van der Waals surface area contributed by atoms with Gasteiger partial charge in [0.15, 0.2) is 6.29 Å². The Balaban J connectivity index is 1.31. The second-order valence-corrected chi connectivity index (χ2v) is 8.35. The molecule has 8 heteroatoms. The van der Waals surface area contributed by atoms with E-state index >= 15 is 0 Å². The fourth-order valence-electron chi connectivity index (χ4n) is 4.42. The second-order valence-electron chi connectivity index (χ2n) is 8.35. The van der Waals surface area contributed by atoms with E-state index in [9.17, 15) is 9.90 Å². The number of hydroxylamine groups is 1. The number of aliphatic hydroxyl groups is 1. The largest absolute Gasteiger partial charge is 0.443 e. The molecule has 1 aromatic rings. The summed E-state index contributed by atoms with van der Waals surface area (Å²) >= 11 is 0. The molecule has 0 bridgehead atoms. The average molecular weight is 421 g/mol. The first-order valence-electron chi connectivity index (χ1n) is 11.0. The maximum absolute atomic E-state index is 12.6. The molecule has 1 amide bonds. The molecule has 1 aliphatic carbocycles. The van der Waals surface area contributed by atoms with Crippen LogP contribution in [0.5, 0.6) is 0 Å². The number of aliphatic hydroxyl groups excluding tert-OH is 1. The molecule has 2 heterocycles. The number of amides is 1. The van der Waals surface area contributed by atoms with Crippen molar-refractivity contribution in [2.75, 3.05) is 19.8 Å². The summed E-state index contributed by atoms with van der Waals surface area (Å²) in [6.45, 7) is 1.18. The lowest BCUT2D eigenvalue weighted by Gasteiger charge is -2.26. The maximum Gasteiger partial charge on any atom is 0.407 e. The van der Waals surface area contributed by atoms with E-state index in [1.54, 1.807) is 0 Å². The summed E-state index contributed by atoms with van der Waals surface area (Å²) in [6, 6.07) is 9.25. The highest BCUT2D eigenvalue weighted by molar-refractivity contribution is 5.68. The minimum absolute atomic E-state index is 0.0784. The van der Waals surface area contributed by atoms with Crippen LogP contribution in [0.25, 0.3) is 0 Å². The molecule has 3 fully saturated rings. The van der Waals surface area contributed by atoms with Crippen LogP contribution >= 0.6 is 0 Å². The Labute approximate surface area is 177 Å². The summed E-state index contributed by atoms with van der Waals surface area (Å²) in [5, 5.41) is 13.6. The topological polar surface area (TPSA) is 98.3 Å².